The zero-order chi connectivity index (χ0) is 12.5. The van der Waals surface area contributed by atoms with Crippen LogP contribution in [0.25, 0.3) is 11.0 Å². The third-order valence-electron chi connectivity index (χ3n) is 2.79. The Morgan fingerprint density at radius 3 is 3.11 bits per heavy atom. The van der Waals surface area contributed by atoms with E-state index in [0.29, 0.717) is 12.4 Å². The van der Waals surface area contributed by atoms with Crippen molar-refractivity contribution in [3.05, 3.63) is 16.7 Å². The fourth-order valence-electron chi connectivity index (χ4n) is 1.95. The number of rotatable bonds is 2. The van der Waals surface area contributed by atoms with Gasteiger partial charge in [0.2, 0.25) is 5.95 Å². The molecule has 0 amide bonds. The summed E-state index contributed by atoms with van der Waals surface area (Å²) in [5.41, 5.74) is 7.15. The maximum absolute atomic E-state index is 5.71. The fourth-order valence-corrected chi connectivity index (χ4v) is 2.27. The molecule has 3 N–H and O–H groups in total. The number of hydrogen-bond acceptors (Lipinski definition) is 6. The first-order valence-electron chi connectivity index (χ1n) is 5.65. The van der Waals surface area contributed by atoms with E-state index in [1.54, 1.807) is 6.20 Å². The third-order valence-corrected chi connectivity index (χ3v) is 3.22. The van der Waals surface area contributed by atoms with Crippen molar-refractivity contribution in [2.75, 3.05) is 24.3 Å². The molecule has 1 fully saturated rings. The third kappa shape index (κ3) is 2.23. The van der Waals surface area contributed by atoms with Gasteiger partial charge in [0, 0.05) is 17.3 Å². The van der Waals surface area contributed by atoms with Crippen molar-refractivity contribution < 1.29 is 4.74 Å². The highest BCUT2D eigenvalue weighted by Crippen LogP contribution is 2.23. The molecule has 1 aliphatic heterocycles. The lowest BCUT2D eigenvalue weighted by molar-refractivity contribution is 0.195. The molecule has 0 aromatic carbocycles. The van der Waals surface area contributed by atoms with Gasteiger partial charge in [-0.05, 0) is 28.4 Å². The van der Waals surface area contributed by atoms with Gasteiger partial charge >= 0.3 is 0 Å². The molecule has 2 aromatic rings. The summed E-state index contributed by atoms with van der Waals surface area (Å²) < 4.78 is 6.19. The molecule has 0 bridgehead atoms. The molecular formula is C11H12BrN5O. The molecule has 3 heterocycles. The standard InChI is InChI=1S/C11H12BrN5O/c12-6-3-8-9(14-4-6)10(17-11(13)16-8)15-7-1-2-18-5-7/h3-4,7H,1-2,5H2,(H3,13,15,16,17)/t7-/m1/s1. The molecule has 94 valence electrons. The summed E-state index contributed by atoms with van der Waals surface area (Å²) in [7, 11) is 0. The van der Waals surface area contributed by atoms with Gasteiger partial charge in [0.25, 0.3) is 0 Å². The summed E-state index contributed by atoms with van der Waals surface area (Å²) in [6.07, 6.45) is 2.68. The van der Waals surface area contributed by atoms with Crippen LogP contribution in [0.4, 0.5) is 11.8 Å². The molecule has 0 unspecified atom stereocenters. The average Bonchev–Trinajstić information content (AvgIpc) is 2.80. The number of hydrogen-bond donors (Lipinski definition) is 2. The number of anilines is 2. The van der Waals surface area contributed by atoms with E-state index in [-0.39, 0.29) is 12.0 Å². The van der Waals surface area contributed by atoms with Crippen LogP contribution in [0.3, 0.4) is 0 Å². The van der Waals surface area contributed by atoms with Crippen molar-refractivity contribution in [1.82, 2.24) is 15.0 Å². The minimum Gasteiger partial charge on any atom is -0.379 e. The summed E-state index contributed by atoms with van der Waals surface area (Å²) in [6, 6.07) is 2.13. The van der Waals surface area contributed by atoms with Crippen LogP contribution in [0.2, 0.25) is 0 Å². The van der Waals surface area contributed by atoms with E-state index in [2.05, 4.69) is 36.2 Å². The van der Waals surface area contributed by atoms with Crippen LogP contribution in [0.5, 0.6) is 0 Å². The molecule has 0 aliphatic carbocycles. The second-order valence-electron chi connectivity index (χ2n) is 4.16. The predicted octanol–water partition coefficient (Wildman–Crippen LogP) is 1.57. The van der Waals surface area contributed by atoms with E-state index in [1.165, 1.54) is 0 Å². The van der Waals surface area contributed by atoms with Gasteiger partial charge in [-0.3, -0.25) is 0 Å². The lowest BCUT2D eigenvalue weighted by Gasteiger charge is -2.13. The molecule has 2 aromatic heterocycles. The fraction of sp³-hybridized carbons (Fsp3) is 0.364. The van der Waals surface area contributed by atoms with Gasteiger partial charge in [-0.1, -0.05) is 0 Å². The Balaban J connectivity index is 2.03. The highest BCUT2D eigenvalue weighted by Gasteiger charge is 2.18. The van der Waals surface area contributed by atoms with E-state index in [4.69, 9.17) is 10.5 Å². The SMILES string of the molecule is Nc1nc(N[C@@H]2CCOC2)c2ncc(Br)cc2n1. The number of pyridine rings is 1. The summed E-state index contributed by atoms with van der Waals surface area (Å²) in [5, 5.41) is 3.31. The number of halogens is 1. The Kier molecular flexibility index (Phi) is 3.00. The van der Waals surface area contributed by atoms with Crippen molar-refractivity contribution in [1.29, 1.82) is 0 Å². The van der Waals surface area contributed by atoms with Crippen LogP contribution >= 0.6 is 15.9 Å². The van der Waals surface area contributed by atoms with Gasteiger partial charge < -0.3 is 15.8 Å². The maximum Gasteiger partial charge on any atom is 0.222 e. The zero-order valence-electron chi connectivity index (χ0n) is 9.56. The van der Waals surface area contributed by atoms with Gasteiger partial charge in [-0.2, -0.15) is 4.98 Å². The molecule has 1 saturated heterocycles. The van der Waals surface area contributed by atoms with Crippen LogP contribution in [0.15, 0.2) is 16.7 Å². The van der Waals surface area contributed by atoms with Gasteiger partial charge in [0.1, 0.15) is 5.52 Å². The van der Waals surface area contributed by atoms with Crippen molar-refractivity contribution >= 4 is 38.7 Å². The smallest absolute Gasteiger partial charge is 0.222 e. The zero-order valence-corrected chi connectivity index (χ0v) is 11.1. The first-order valence-corrected chi connectivity index (χ1v) is 6.45. The van der Waals surface area contributed by atoms with E-state index < -0.39 is 0 Å². The van der Waals surface area contributed by atoms with Crippen LogP contribution in [0.1, 0.15) is 6.42 Å². The second-order valence-corrected chi connectivity index (χ2v) is 5.07. The molecule has 1 aliphatic rings. The average molecular weight is 310 g/mol. The van der Waals surface area contributed by atoms with Crippen molar-refractivity contribution in [2.24, 2.45) is 0 Å². The van der Waals surface area contributed by atoms with Crippen molar-refractivity contribution in [3.63, 3.8) is 0 Å². The van der Waals surface area contributed by atoms with Crippen LogP contribution in [0, 0.1) is 0 Å². The number of nitrogen functional groups attached to an aromatic ring is 1. The van der Waals surface area contributed by atoms with E-state index in [1.807, 2.05) is 6.07 Å². The first kappa shape index (κ1) is 11.6. The number of aromatic nitrogens is 3. The molecular weight excluding hydrogens is 298 g/mol. The molecule has 0 spiro atoms. The van der Waals surface area contributed by atoms with Crippen LogP contribution < -0.4 is 11.1 Å². The lowest BCUT2D eigenvalue weighted by Crippen LogP contribution is -2.20. The molecule has 0 radical (unpaired) electrons. The molecule has 3 rings (SSSR count). The highest BCUT2D eigenvalue weighted by molar-refractivity contribution is 9.10. The summed E-state index contributed by atoms with van der Waals surface area (Å²) >= 11 is 3.37. The quantitative estimate of drug-likeness (QED) is 0.876. The number of nitrogens with two attached hydrogens (primary N) is 1. The predicted molar refractivity (Wildman–Crippen MR) is 72.3 cm³/mol. The van der Waals surface area contributed by atoms with Crippen LogP contribution in [-0.4, -0.2) is 34.2 Å². The Morgan fingerprint density at radius 2 is 2.33 bits per heavy atom. The Morgan fingerprint density at radius 1 is 1.44 bits per heavy atom. The van der Waals surface area contributed by atoms with Gasteiger partial charge in [0.05, 0.1) is 18.2 Å². The van der Waals surface area contributed by atoms with E-state index in [9.17, 15) is 0 Å². The molecule has 7 heteroatoms. The van der Waals surface area contributed by atoms with Crippen LogP contribution in [-0.2, 0) is 4.74 Å². The van der Waals surface area contributed by atoms with Crippen molar-refractivity contribution in [2.45, 2.75) is 12.5 Å². The Hall–Kier alpha value is -1.47. The second kappa shape index (κ2) is 4.66. The summed E-state index contributed by atoms with van der Waals surface area (Å²) in [6.45, 7) is 1.46. The van der Waals surface area contributed by atoms with Crippen molar-refractivity contribution in [3.8, 4) is 0 Å². The minimum atomic E-state index is 0.240. The highest BCUT2D eigenvalue weighted by atomic mass is 79.9. The van der Waals surface area contributed by atoms with Gasteiger partial charge in [-0.15, -0.1) is 0 Å². The normalized spacial score (nSPS) is 19.3. The number of ether oxygens (including phenoxy) is 1. The molecule has 0 saturated carbocycles. The Bertz CT molecular complexity index is 580. The van der Waals surface area contributed by atoms with E-state index >= 15 is 0 Å². The minimum absolute atomic E-state index is 0.240. The topological polar surface area (TPSA) is 86.0 Å². The number of nitrogens with zero attached hydrogens (tertiary/aromatic N) is 3. The molecule has 6 nitrogen and oxygen atoms in total. The summed E-state index contributed by atoms with van der Waals surface area (Å²) in [5.74, 6) is 0.907. The number of fused-ring (bicyclic) bond motifs is 1. The number of nitrogens with one attached hydrogen (secondary N) is 1. The monoisotopic (exact) mass is 309 g/mol. The molecule has 18 heavy (non-hydrogen) atoms. The van der Waals surface area contributed by atoms with Gasteiger partial charge in [0.15, 0.2) is 5.82 Å². The molecule has 1 atom stereocenters. The van der Waals surface area contributed by atoms with Gasteiger partial charge in [-0.25, -0.2) is 9.97 Å². The van der Waals surface area contributed by atoms with E-state index in [0.717, 1.165) is 28.5 Å². The largest absolute Gasteiger partial charge is 0.379 e. The summed E-state index contributed by atoms with van der Waals surface area (Å²) in [4.78, 5) is 12.7. The maximum atomic E-state index is 5.71. The Labute approximate surface area is 112 Å². The first-order chi connectivity index (χ1) is 8.72. The lowest BCUT2D eigenvalue weighted by atomic mass is 10.2.